The van der Waals surface area contributed by atoms with Gasteiger partial charge in [-0.05, 0) is 24.1 Å². The SMILES string of the molecule is Cc1c(Cc2ccccc2)sc(NC(=O)C=CC(=O)[O-])c1C(N)=O. The standard InChI is InChI=1S/C17H16N2O4S/c1-10-12(9-11-5-3-2-4-6-11)24-17(15(10)16(18)23)19-13(20)7-8-14(21)22/h2-8H,9H2,1H3,(H2,18,23)(H,19,20)(H,21,22)/p-1. The number of nitrogens with two attached hydrogens (primary N) is 1. The molecule has 0 unspecified atom stereocenters. The van der Waals surface area contributed by atoms with Crippen LogP contribution in [0.2, 0.25) is 0 Å². The molecule has 1 aromatic heterocycles. The number of carboxylic acids is 1. The van der Waals surface area contributed by atoms with Crippen LogP contribution in [0, 0.1) is 6.92 Å². The van der Waals surface area contributed by atoms with Gasteiger partial charge in [-0.3, -0.25) is 9.59 Å². The number of carboxylic acid groups (broad SMARTS) is 1. The van der Waals surface area contributed by atoms with Crippen LogP contribution in [0.25, 0.3) is 0 Å². The van der Waals surface area contributed by atoms with E-state index < -0.39 is 17.8 Å². The molecule has 0 saturated carbocycles. The van der Waals surface area contributed by atoms with Gasteiger partial charge >= 0.3 is 0 Å². The highest BCUT2D eigenvalue weighted by molar-refractivity contribution is 7.17. The van der Waals surface area contributed by atoms with Gasteiger partial charge in [-0.25, -0.2) is 0 Å². The fraction of sp³-hybridized carbons (Fsp3) is 0.118. The van der Waals surface area contributed by atoms with E-state index in [4.69, 9.17) is 5.73 Å². The zero-order valence-electron chi connectivity index (χ0n) is 12.9. The predicted molar refractivity (Wildman–Crippen MR) is 89.6 cm³/mol. The van der Waals surface area contributed by atoms with Crippen molar-refractivity contribution in [3.05, 3.63) is 64.1 Å². The number of nitrogens with one attached hydrogen (secondary N) is 1. The third-order valence-electron chi connectivity index (χ3n) is 3.31. The van der Waals surface area contributed by atoms with Crippen molar-refractivity contribution < 1.29 is 19.5 Å². The number of rotatable bonds is 6. The lowest BCUT2D eigenvalue weighted by Crippen LogP contribution is -2.20. The number of carbonyl (C=O) groups is 3. The van der Waals surface area contributed by atoms with Crippen LogP contribution in [-0.4, -0.2) is 17.8 Å². The van der Waals surface area contributed by atoms with Gasteiger partial charge in [0.25, 0.3) is 5.91 Å². The molecule has 1 heterocycles. The number of aliphatic carboxylic acids is 1. The summed E-state index contributed by atoms with van der Waals surface area (Å²) >= 11 is 1.24. The molecule has 0 fully saturated rings. The molecule has 0 bridgehead atoms. The van der Waals surface area contributed by atoms with E-state index in [0.29, 0.717) is 23.1 Å². The van der Waals surface area contributed by atoms with Crippen molar-refractivity contribution in [1.29, 1.82) is 0 Å². The van der Waals surface area contributed by atoms with Gasteiger partial charge in [0, 0.05) is 17.4 Å². The summed E-state index contributed by atoms with van der Waals surface area (Å²) in [6.45, 7) is 1.77. The van der Waals surface area contributed by atoms with Crippen LogP contribution in [-0.2, 0) is 16.0 Å². The van der Waals surface area contributed by atoms with Gasteiger partial charge in [-0.2, -0.15) is 0 Å². The Bertz CT molecular complexity index is 809. The summed E-state index contributed by atoms with van der Waals surface area (Å²) in [6, 6.07) is 9.67. The molecule has 0 atom stereocenters. The van der Waals surface area contributed by atoms with Crippen molar-refractivity contribution in [3.8, 4) is 0 Å². The minimum Gasteiger partial charge on any atom is -0.545 e. The summed E-state index contributed by atoms with van der Waals surface area (Å²) in [7, 11) is 0. The van der Waals surface area contributed by atoms with E-state index in [1.54, 1.807) is 6.92 Å². The summed E-state index contributed by atoms with van der Waals surface area (Å²) in [6.07, 6.45) is 2.04. The van der Waals surface area contributed by atoms with Gasteiger partial charge in [0.05, 0.1) is 11.5 Å². The van der Waals surface area contributed by atoms with Gasteiger partial charge in [0.2, 0.25) is 5.91 Å². The maximum atomic E-state index is 11.7. The van der Waals surface area contributed by atoms with Crippen molar-refractivity contribution >= 4 is 34.1 Å². The maximum absolute atomic E-state index is 11.7. The van der Waals surface area contributed by atoms with Gasteiger partial charge in [0.1, 0.15) is 5.00 Å². The monoisotopic (exact) mass is 343 g/mol. The number of benzene rings is 1. The molecule has 0 aliphatic heterocycles. The molecule has 2 amide bonds. The number of anilines is 1. The van der Waals surface area contributed by atoms with Crippen LogP contribution in [0.4, 0.5) is 5.00 Å². The van der Waals surface area contributed by atoms with E-state index in [-0.39, 0.29) is 5.56 Å². The highest BCUT2D eigenvalue weighted by Gasteiger charge is 2.20. The molecule has 2 rings (SSSR count). The average Bonchev–Trinajstić information content (AvgIpc) is 2.82. The molecule has 0 aliphatic carbocycles. The zero-order chi connectivity index (χ0) is 17.7. The van der Waals surface area contributed by atoms with E-state index >= 15 is 0 Å². The lowest BCUT2D eigenvalue weighted by Gasteiger charge is -2.02. The van der Waals surface area contributed by atoms with Crippen LogP contribution in [0.5, 0.6) is 0 Å². The third-order valence-corrected chi connectivity index (χ3v) is 4.51. The van der Waals surface area contributed by atoms with Gasteiger partial charge in [-0.1, -0.05) is 30.3 Å². The first-order valence-electron chi connectivity index (χ1n) is 7.04. The van der Waals surface area contributed by atoms with Crippen LogP contribution in [0.1, 0.15) is 26.4 Å². The number of amides is 2. The van der Waals surface area contributed by atoms with E-state index in [1.165, 1.54) is 11.3 Å². The molecular weight excluding hydrogens is 328 g/mol. The molecule has 124 valence electrons. The lowest BCUT2D eigenvalue weighted by molar-refractivity contribution is -0.297. The van der Waals surface area contributed by atoms with Gasteiger partial charge in [-0.15, -0.1) is 11.3 Å². The molecule has 0 saturated heterocycles. The first kappa shape index (κ1) is 17.4. The smallest absolute Gasteiger partial charge is 0.251 e. The molecule has 2 aromatic rings. The Morgan fingerprint density at radius 2 is 1.88 bits per heavy atom. The molecule has 24 heavy (non-hydrogen) atoms. The third kappa shape index (κ3) is 4.30. The average molecular weight is 343 g/mol. The Kier molecular flexibility index (Phi) is 5.49. The van der Waals surface area contributed by atoms with Crippen LogP contribution in [0.15, 0.2) is 42.5 Å². The minimum absolute atomic E-state index is 0.237. The Hall–Kier alpha value is -2.93. The summed E-state index contributed by atoms with van der Waals surface area (Å²) in [5.74, 6) is -2.80. The number of hydrogen-bond donors (Lipinski definition) is 2. The van der Waals surface area contributed by atoms with E-state index in [2.05, 4.69) is 5.32 Å². The van der Waals surface area contributed by atoms with Crippen molar-refractivity contribution in [2.24, 2.45) is 5.73 Å². The maximum Gasteiger partial charge on any atom is 0.251 e. The number of thiophene rings is 1. The largest absolute Gasteiger partial charge is 0.545 e. The van der Waals surface area contributed by atoms with Crippen molar-refractivity contribution in [3.63, 3.8) is 0 Å². The highest BCUT2D eigenvalue weighted by Crippen LogP contribution is 2.34. The van der Waals surface area contributed by atoms with Crippen LogP contribution >= 0.6 is 11.3 Å². The van der Waals surface area contributed by atoms with Crippen LogP contribution < -0.4 is 16.2 Å². The Morgan fingerprint density at radius 3 is 2.46 bits per heavy atom. The predicted octanol–water partition coefficient (Wildman–Crippen LogP) is 0.991. The summed E-state index contributed by atoms with van der Waals surface area (Å²) in [5, 5.41) is 13.1. The van der Waals surface area contributed by atoms with E-state index in [9.17, 15) is 19.5 Å². The molecule has 0 spiro atoms. The van der Waals surface area contributed by atoms with E-state index in [1.807, 2.05) is 30.3 Å². The molecular formula is C17H15N2O4S-. The van der Waals surface area contributed by atoms with Crippen LogP contribution in [0.3, 0.4) is 0 Å². The number of hydrogen-bond acceptors (Lipinski definition) is 5. The topological polar surface area (TPSA) is 112 Å². The summed E-state index contributed by atoms with van der Waals surface area (Å²) in [5.41, 5.74) is 7.42. The van der Waals surface area contributed by atoms with Crippen molar-refractivity contribution in [2.75, 3.05) is 5.32 Å². The first-order valence-corrected chi connectivity index (χ1v) is 7.86. The normalized spacial score (nSPS) is 10.7. The second kappa shape index (κ2) is 7.56. The molecule has 1 aromatic carbocycles. The van der Waals surface area contributed by atoms with Gasteiger partial charge in [0.15, 0.2) is 0 Å². The minimum atomic E-state index is -1.48. The fourth-order valence-corrected chi connectivity index (χ4v) is 3.44. The molecule has 3 N–H and O–H groups in total. The second-order valence-electron chi connectivity index (χ2n) is 5.02. The Morgan fingerprint density at radius 1 is 1.21 bits per heavy atom. The Balaban J connectivity index is 2.30. The molecule has 0 aliphatic rings. The Labute approximate surface area is 142 Å². The summed E-state index contributed by atoms with van der Waals surface area (Å²) < 4.78 is 0. The first-order chi connectivity index (χ1) is 11.4. The lowest BCUT2D eigenvalue weighted by atomic mass is 10.1. The number of primary amides is 1. The second-order valence-corrected chi connectivity index (χ2v) is 6.13. The van der Waals surface area contributed by atoms with Crippen molar-refractivity contribution in [2.45, 2.75) is 13.3 Å². The van der Waals surface area contributed by atoms with Crippen molar-refractivity contribution in [1.82, 2.24) is 0 Å². The molecule has 7 heteroatoms. The molecule has 0 radical (unpaired) electrons. The fourth-order valence-electron chi connectivity index (χ4n) is 2.19. The molecule has 6 nitrogen and oxygen atoms in total. The zero-order valence-corrected chi connectivity index (χ0v) is 13.7. The highest BCUT2D eigenvalue weighted by atomic mass is 32.1. The van der Waals surface area contributed by atoms with Gasteiger partial charge < -0.3 is 21.0 Å². The van der Waals surface area contributed by atoms with E-state index in [0.717, 1.165) is 16.5 Å². The quantitative estimate of drug-likeness (QED) is 0.762. The number of carbonyl (C=O) groups excluding carboxylic acids is 3. The summed E-state index contributed by atoms with van der Waals surface area (Å²) in [4.78, 5) is 34.7.